The number of sulfone groups is 1. The normalized spacial score (nSPS) is 22.2. The Morgan fingerprint density at radius 3 is 1.48 bits per heavy atom. The summed E-state index contributed by atoms with van der Waals surface area (Å²) in [5.74, 6) is 2.53. The first-order valence-corrected chi connectivity index (χ1v) is 37.0. The van der Waals surface area contributed by atoms with Gasteiger partial charge in [0, 0.05) is 184 Å². The molecular weight excluding hydrogens is 1260 g/mol. The number of fused-ring (bicyclic) bond motifs is 6. The van der Waals surface area contributed by atoms with Gasteiger partial charge >= 0.3 is 5.97 Å². The SMILES string of the molecule is COC(=O)[C@H]1CCCN(c2ncnc3c2CN(c2cc(Cl)nc4c2C=CC4)[C@H](C)C3)C1.C[C@@H]1Cc2ncnc(N3CCC(NS(C)(=O)=O)CC3)c2CN1c1ccnc2c1C=CC2.C[C@@H]1Cc2ncnc(N3CCCC(S(C)(=O)=O)C3)c2CN1c1cc(Cl)nc2c1C=CC2. The van der Waals surface area contributed by atoms with Crippen molar-refractivity contribution in [3.63, 3.8) is 0 Å². The summed E-state index contributed by atoms with van der Waals surface area (Å²) in [5.41, 5.74) is 16.8. The van der Waals surface area contributed by atoms with Crippen LogP contribution in [-0.4, -0.2) is 156 Å². The zero-order valence-electron chi connectivity index (χ0n) is 53.5. The quantitative estimate of drug-likeness (QED) is 0.0999. The Bertz CT molecular complexity index is 4190. The first-order chi connectivity index (χ1) is 44.7. The van der Waals surface area contributed by atoms with Gasteiger partial charge in [0.2, 0.25) is 10.0 Å². The predicted octanol–water partition coefficient (Wildman–Crippen LogP) is 8.40. The van der Waals surface area contributed by atoms with E-state index in [0.717, 1.165) is 189 Å². The second kappa shape index (κ2) is 26.8. The standard InChI is InChI=1S/C23H26ClN5O2.C22H26ClN5O2S.C22H28N6O2S/c1-14-9-19-17(12-29(14)20-10-21(24)27-18-7-3-6-16(18)20)22(26-13-25-19)28-8-4-5-15(11-28)23(30)31-2;1-14-9-19-17(12-28(14)20-10-21(23)26-18-7-3-6-16(18)20)22(25-13-24-19)27-8-4-5-15(11-27)31(2,29)30;1-15-12-20-18(13-28(15)21-6-9-23-19-5-3-4-17(19)21)22(25-14-24-20)27-10-7-16(8-11-27)26-31(2,29)30/h2*3,6,10,13-15H,4-5,7-9,11-12H2,1-2H3;3-4,6,9,14-16,26H,5,7-8,10-13H2,1-2H3/t14-,15+;14-,15?;15-/m111/s1. The molecule has 6 aromatic rings. The molecule has 3 saturated heterocycles. The van der Waals surface area contributed by atoms with Gasteiger partial charge in [0.1, 0.15) is 46.7 Å². The van der Waals surface area contributed by atoms with E-state index in [4.69, 9.17) is 27.9 Å². The third-order valence-corrected chi connectivity index (χ3v) is 22.5. The maximum absolute atomic E-state index is 12.2. The lowest BCUT2D eigenvalue weighted by Gasteiger charge is -2.40. The predicted molar refractivity (Wildman–Crippen MR) is 365 cm³/mol. The van der Waals surface area contributed by atoms with Crippen molar-refractivity contribution in [3.05, 3.63) is 139 Å². The fourth-order valence-corrected chi connectivity index (χ4v) is 17.3. The third-order valence-electron chi connectivity index (χ3n) is 19.7. The van der Waals surface area contributed by atoms with Crippen LogP contribution in [-0.2, 0) is 87.6 Å². The van der Waals surface area contributed by atoms with E-state index in [0.29, 0.717) is 48.9 Å². The molecule has 9 aliphatic rings. The van der Waals surface area contributed by atoms with E-state index in [1.807, 2.05) is 18.3 Å². The Balaban J connectivity index is 0.000000127. The Morgan fingerprint density at radius 2 is 1.00 bits per heavy atom. The largest absolute Gasteiger partial charge is 0.469 e. The maximum atomic E-state index is 12.2. The molecular formula is C67H80Cl2N16O6S2. The number of aromatic nitrogens is 9. The summed E-state index contributed by atoms with van der Waals surface area (Å²) >= 11 is 12.7. The summed E-state index contributed by atoms with van der Waals surface area (Å²) < 4.78 is 55.2. The number of methoxy groups -OCH3 is 1. The van der Waals surface area contributed by atoms with Crippen molar-refractivity contribution in [1.29, 1.82) is 0 Å². The number of carbonyl (C=O) groups excluding carboxylic acids is 1. The molecule has 0 amide bonds. The number of hydrogen-bond donors (Lipinski definition) is 1. The zero-order chi connectivity index (χ0) is 64.9. The molecule has 0 aromatic carbocycles. The van der Waals surface area contributed by atoms with E-state index >= 15 is 0 Å². The molecule has 22 nitrogen and oxygen atoms in total. The van der Waals surface area contributed by atoms with E-state index in [-0.39, 0.29) is 35.3 Å². The lowest BCUT2D eigenvalue weighted by atomic mass is 9.95. The summed E-state index contributed by atoms with van der Waals surface area (Å²) in [6.07, 6.45) is 32.2. The van der Waals surface area contributed by atoms with Crippen LogP contribution < -0.4 is 34.1 Å². The number of ether oxygens (including phenoxy) is 1. The fourth-order valence-electron chi connectivity index (χ4n) is 15.0. The van der Waals surface area contributed by atoms with Gasteiger partial charge in [0.25, 0.3) is 0 Å². The Kier molecular flexibility index (Phi) is 18.5. The minimum Gasteiger partial charge on any atom is -0.469 e. The Labute approximate surface area is 555 Å². The summed E-state index contributed by atoms with van der Waals surface area (Å²) in [6, 6.07) is 6.87. The van der Waals surface area contributed by atoms with Gasteiger partial charge in [-0.05, 0) is 77.5 Å². The molecule has 1 unspecified atom stereocenters. The van der Waals surface area contributed by atoms with Crippen molar-refractivity contribution >= 4 is 102 Å². The average Bonchev–Trinajstić information content (AvgIpc) is 1.62. The van der Waals surface area contributed by atoms with Crippen molar-refractivity contribution in [3.8, 4) is 0 Å². The van der Waals surface area contributed by atoms with Gasteiger partial charge in [-0.1, -0.05) is 59.7 Å². The molecule has 5 atom stereocenters. The second-order valence-corrected chi connectivity index (χ2v) is 30.9. The van der Waals surface area contributed by atoms with Crippen molar-refractivity contribution in [2.24, 2.45) is 5.92 Å². The average molecular weight is 1340 g/mol. The van der Waals surface area contributed by atoms with Crippen molar-refractivity contribution in [2.45, 2.75) is 147 Å². The van der Waals surface area contributed by atoms with Gasteiger partial charge < -0.3 is 34.1 Å². The van der Waals surface area contributed by atoms with Crippen molar-refractivity contribution in [1.82, 2.24) is 49.6 Å². The monoisotopic (exact) mass is 1340 g/mol. The van der Waals surface area contributed by atoms with E-state index in [9.17, 15) is 21.6 Å². The van der Waals surface area contributed by atoms with Crippen LogP contribution >= 0.6 is 23.2 Å². The van der Waals surface area contributed by atoms with Crippen LogP contribution in [0.3, 0.4) is 0 Å². The summed E-state index contributed by atoms with van der Waals surface area (Å²) in [6.45, 7) is 13.1. The number of hydrogen-bond acceptors (Lipinski definition) is 21. The molecule has 3 fully saturated rings. The van der Waals surface area contributed by atoms with Crippen LogP contribution in [0, 0.1) is 5.92 Å². The van der Waals surface area contributed by atoms with Crippen LogP contribution in [0.25, 0.3) is 18.2 Å². The molecule has 0 spiro atoms. The third kappa shape index (κ3) is 13.7. The number of piperidine rings is 3. The van der Waals surface area contributed by atoms with E-state index in [1.165, 1.54) is 36.4 Å². The van der Waals surface area contributed by atoms with Crippen LogP contribution in [0.4, 0.5) is 34.5 Å². The molecule has 0 radical (unpaired) electrons. The van der Waals surface area contributed by atoms with Crippen LogP contribution in [0.1, 0.15) is 127 Å². The Morgan fingerprint density at radius 1 is 0.548 bits per heavy atom. The molecule has 3 aliphatic carbocycles. The summed E-state index contributed by atoms with van der Waals surface area (Å²) in [5, 5.41) is 0.682. The van der Waals surface area contributed by atoms with Crippen LogP contribution in [0.2, 0.25) is 10.3 Å². The molecule has 0 bridgehead atoms. The number of esters is 1. The first-order valence-electron chi connectivity index (χ1n) is 32.4. The van der Waals surface area contributed by atoms with Gasteiger partial charge in [-0.2, -0.15) is 0 Å². The first kappa shape index (κ1) is 64.3. The number of carbonyl (C=O) groups is 1. The lowest BCUT2D eigenvalue weighted by molar-refractivity contribution is -0.145. The fraction of sp³-hybridized carbons (Fsp3) is 0.493. The number of nitrogens with one attached hydrogen (secondary N) is 1. The van der Waals surface area contributed by atoms with Gasteiger partial charge in [0.15, 0.2) is 9.84 Å². The van der Waals surface area contributed by atoms with Crippen LogP contribution in [0.5, 0.6) is 0 Å². The molecule has 6 aliphatic heterocycles. The highest BCUT2D eigenvalue weighted by Gasteiger charge is 2.38. The molecule has 1 N–H and O–H groups in total. The molecule has 15 rings (SSSR count). The number of rotatable bonds is 10. The Hall–Kier alpha value is -7.38. The maximum Gasteiger partial charge on any atom is 0.310 e. The number of pyridine rings is 3. The number of allylic oxidation sites excluding steroid dienone is 3. The van der Waals surface area contributed by atoms with Gasteiger partial charge in [-0.15, -0.1) is 0 Å². The van der Waals surface area contributed by atoms with Gasteiger partial charge in [-0.3, -0.25) is 9.78 Å². The highest BCUT2D eigenvalue weighted by Crippen LogP contribution is 2.42. The van der Waals surface area contributed by atoms with Crippen molar-refractivity contribution < 1.29 is 26.4 Å². The number of anilines is 6. The lowest BCUT2D eigenvalue weighted by Crippen LogP contribution is -2.46. The molecule has 93 heavy (non-hydrogen) atoms. The molecule has 0 saturated carbocycles. The zero-order valence-corrected chi connectivity index (χ0v) is 56.7. The van der Waals surface area contributed by atoms with E-state index < -0.39 is 19.9 Å². The molecule has 490 valence electrons. The van der Waals surface area contributed by atoms with Crippen molar-refractivity contribution in [2.75, 3.05) is 88.3 Å². The molecule has 26 heteroatoms. The van der Waals surface area contributed by atoms with Gasteiger partial charge in [0.05, 0.1) is 58.7 Å². The minimum atomic E-state index is -3.18. The van der Waals surface area contributed by atoms with Crippen LogP contribution in [0.15, 0.2) is 61.6 Å². The highest BCUT2D eigenvalue weighted by molar-refractivity contribution is 7.91. The van der Waals surface area contributed by atoms with E-state index in [1.54, 1.807) is 19.0 Å². The number of halogens is 2. The highest BCUT2D eigenvalue weighted by atomic mass is 35.5. The topological polar surface area (TPSA) is 242 Å². The summed E-state index contributed by atoms with van der Waals surface area (Å²) in [4.78, 5) is 67.2. The minimum absolute atomic E-state index is 0.00775. The molecule has 6 aromatic heterocycles. The smallest absolute Gasteiger partial charge is 0.310 e. The number of nitrogens with zero attached hydrogens (tertiary/aromatic N) is 15. The van der Waals surface area contributed by atoms with Gasteiger partial charge in [-0.25, -0.2) is 61.4 Å². The number of sulfonamides is 1. The second-order valence-electron chi connectivity index (χ2n) is 26.1. The summed E-state index contributed by atoms with van der Waals surface area (Å²) in [7, 11) is -4.81. The molecule has 12 heterocycles. The van der Waals surface area contributed by atoms with E-state index in [2.05, 4.69) is 142 Å².